The van der Waals surface area contributed by atoms with Crippen LogP contribution in [0.2, 0.25) is 0 Å². The fourth-order valence-corrected chi connectivity index (χ4v) is 2.27. The van der Waals surface area contributed by atoms with Crippen LogP contribution in [0.25, 0.3) is 0 Å². The Kier molecular flexibility index (Phi) is 7.98. The first kappa shape index (κ1) is 15.4. The van der Waals surface area contributed by atoms with Gasteiger partial charge in [0.25, 0.3) is 0 Å². The van der Waals surface area contributed by atoms with E-state index in [4.69, 9.17) is 0 Å². The van der Waals surface area contributed by atoms with Gasteiger partial charge >= 0.3 is 0 Å². The van der Waals surface area contributed by atoms with Crippen LogP contribution in [0.1, 0.15) is 39.0 Å². The molecule has 4 heteroatoms. The van der Waals surface area contributed by atoms with Crippen molar-refractivity contribution >= 4 is 17.7 Å². The summed E-state index contributed by atoms with van der Waals surface area (Å²) in [7, 11) is 1.83. The summed E-state index contributed by atoms with van der Waals surface area (Å²) in [6.45, 7) is 4.17. The van der Waals surface area contributed by atoms with E-state index in [0.717, 1.165) is 25.5 Å². The summed E-state index contributed by atoms with van der Waals surface area (Å²) in [5.74, 6) is 0.923. The Labute approximate surface area is 116 Å². The van der Waals surface area contributed by atoms with Crippen LogP contribution in [0.15, 0.2) is 16.6 Å². The molecule has 0 aromatic heterocycles. The molecule has 0 fully saturated rings. The minimum absolute atomic E-state index is 0.615. The van der Waals surface area contributed by atoms with Gasteiger partial charge in [-0.25, -0.2) is 0 Å². The molecule has 104 valence electrons. The maximum absolute atomic E-state index is 4.24. The summed E-state index contributed by atoms with van der Waals surface area (Å²) in [6.07, 6.45) is 11.0. The number of thioether (sulfide) groups is 1. The summed E-state index contributed by atoms with van der Waals surface area (Å²) in [4.78, 5) is 4.24. The predicted octanol–water partition coefficient (Wildman–Crippen LogP) is 2.79. The molecule has 1 aliphatic rings. The average Bonchev–Trinajstić information content (AvgIpc) is 2.43. The maximum atomic E-state index is 4.24. The van der Waals surface area contributed by atoms with Crippen LogP contribution >= 0.6 is 11.8 Å². The second kappa shape index (κ2) is 9.31. The molecule has 0 heterocycles. The van der Waals surface area contributed by atoms with Crippen molar-refractivity contribution in [3.05, 3.63) is 11.6 Å². The lowest BCUT2D eigenvalue weighted by Gasteiger charge is -2.16. The van der Waals surface area contributed by atoms with Gasteiger partial charge in [-0.05, 0) is 38.4 Å². The molecule has 1 unspecified atom stereocenters. The summed E-state index contributed by atoms with van der Waals surface area (Å²) in [5.41, 5.74) is 1.61. The molecule has 0 saturated heterocycles. The molecule has 0 spiro atoms. The molecule has 0 amide bonds. The van der Waals surface area contributed by atoms with E-state index in [1.807, 2.05) is 18.8 Å². The Hall–Kier alpha value is -0.640. The summed E-state index contributed by atoms with van der Waals surface area (Å²) in [5, 5.41) is 7.36. The maximum Gasteiger partial charge on any atom is 0.191 e. The standard InChI is InChI=1S/C14H27N3S/c1-12(18-3)11-17-14(15-2)16-10-9-13-7-5-4-6-8-13/h7,12H,4-6,8-11H2,1-3H3,(H2,15,16,17). The van der Waals surface area contributed by atoms with Gasteiger partial charge in [0.15, 0.2) is 5.96 Å². The highest BCUT2D eigenvalue weighted by Crippen LogP contribution is 2.19. The zero-order valence-corrected chi connectivity index (χ0v) is 12.8. The molecular weight excluding hydrogens is 242 g/mol. The number of hydrogen-bond donors (Lipinski definition) is 2. The average molecular weight is 269 g/mol. The van der Waals surface area contributed by atoms with Gasteiger partial charge in [0, 0.05) is 25.4 Å². The van der Waals surface area contributed by atoms with Gasteiger partial charge in [0.05, 0.1) is 0 Å². The predicted molar refractivity (Wildman–Crippen MR) is 83.5 cm³/mol. The van der Waals surface area contributed by atoms with E-state index in [2.05, 4.69) is 34.9 Å². The minimum atomic E-state index is 0.615. The van der Waals surface area contributed by atoms with Crippen LogP contribution in [-0.4, -0.2) is 37.6 Å². The van der Waals surface area contributed by atoms with Crippen LogP contribution in [-0.2, 0) is 0 Å². The van der Waals surface area contributed by atoms with Crippen LogP contribution in [0.4, 0.5) is 0 Å². The lowest BCUT2D eigenvalue weighted by Crippen LogP contribution is -2.40. The quantitative estimate of drug-likeness (QED) is 0.442. The van der Waals surface area contributed by atoms with E-state index in [9.17, 15) is 0 Å². The number of aliphatic imine (C=N–C) groups is 1. The van der Waals surface area contributed by atoms with Crippen molar-refractivity contribution in [3.63, 3.8) is 0 Å². The van der Waals surface area contributed by atoms with Crippen LogP contribution in [0.3, 0.4) is 0 Å². The van der Waals surface area contributed by atoms with Crippen molar-refractivity contribution in [2.45, 2.75) is 44.3 Å². The molecule has 0 aliphatic heterocycles. The van der Waals surface area contributed by atoms with Gasteiger partial charge < -0.3 is 10.6 Å². The first-order valence-corrected chi connectivity index (χ1v) is 8.20. The van der Waals surface area contributed by atoms with E-state index >= 15 is 0 Å². The molecule has 2 N–H and O–H groups in total. The zero-order chi connectivity index (χ0) is 13.2. The van der Waals surface area contributed by atoms with Gasteiger partial charge in [0.1, 0.15) is 0 Å². The molecule has 0 radical (unpaired) electrons. The van der Waals surface area contributed by atoms with E-state index < -0.39 is 0 Å². The van der Waals surface area contributed by atoms with Crippen molar-refractivity contribution in [3.8, 4) is 0 Å². The molecule has 3 nitrogen and oxygen atoms in total. The summed E-state index contributed by atoms with van der Waals surface area (Å²) >= 11 is 1.87. The van der Waals surface area contributed by atoms with E-state index in [-0.39, 0.29) is 0 Å². The van der Waals surface area contributed by atoms with Gasteiger partial charge in [0.2, 0.25) is 0 Å². The van der Waals surface area contributed by atoms with Gasteiger partial charge in [-0.2, -0.15) is 11.8 Å². The molecule has 1 atom stereocenters. The molecule has 18 heavy (non-hydrogen) atoms. The SMILES string of the molecule is CN=C(NCCC1=CCCCC1)NCC(C)SC. The molecule has 0 aromatic carbocycles. The van der Waals surface area contributed by atoms with Crippen LogP contribution in [0, 0.1) is 0 Å². The van der Waals surface area contributed by atoms with Gasteiger partial charge in [-0.3, -0.25) is 4.99 Å². The number of nitrogens with zero attached hydrogens (tertiary/aromatic N) is 1. The van der Waals surface area contributed by atoms with Crippen LogP contribution in [0.5, 0.6) is 0 Å². The lowest BCUT2D eigenvalue weighted by molar-refractivity contribution is 0.665. The minimum Gasteiger partial charge on any atom is -0.356 e. The van der Waals surface area contributed by atoms with Crippen molar-refractivity contribution in [1.29, 1.82) is 0 Å². The molecule has 0 aromatic rings. The highest BCUT2D eigenvalue weighted by molar-refractivity contribution is 7.99. The number of allylic oxidation sites excluding steroid dienone is 1. The van der Waals surface area contributed by atoms with Crippen molar-refractivity contribution in [2.75, 3.05) is 26.4 Å². The first-order chi connectivity index (χ1) is 8.76. The van der Waals surface area contributed by atoms with Gasteiger partial charge in [-0.1, -0.05) is 18.6 Å². The highest BCUT2D eigenvalue weighted by Gasteiger charge is 2.05. The summed E-state index contributed by atoms with van der Waals surface area (Å²) in [6, 6.07) is 0. The first-order valence-electron chi connectivity index (χ1n) is 6.91. The Morgan fingerprint density at radius 3 is 2.89 bits per heavy atom. The largest absolute Gasteiger partial charge is 0.356 e. The van der Waals surface area contributed by atoms with Crippen LogP contribution < -0.4 is 10.6 Å². The third-order valence-electron chi connectivity index (χ3n) is 3.31. The number of rotatable bonds is 6. The van der Waals surface area contributed by atoms with E-state index in [0.29, 0.717) is 5.25 Å². The Morgan fingerprint density at radius 2 is 2.28 bits per heavy atom. The molecule has 1 rings (SSSR count). The normalized spacial score (nSPS) is 18.2. The molecular formula is C14H27N3S. The van der Waals surface area contributed by atoms with Crippen molar-refractivity contribution in [2.24, 2.45) is 4.99 Å². The second-order valence-corrected chi connectivity index (χ2v) is 6.06. The molecule has 0 saturated carbocycles. The van der Waals surface area contributed by atoms with Crippen molar-refractivity contribution < 1.29 is 0 Å². The van der Waals surface area contributed by atoms with E-state index in [1.165, 1.54) is 25.7 Å². The Bertz CT molecular complexity index is 287. The fraction of sp³-hybridized carbons (Fsp3) is 0.786. The Morgan fingerprint density at radius 1 is 1.44 bits per heavy atom. The van der Waals surface area contributed by atoms with Crippen molar-refractivity contribution in [1.82, 2.24) is 10.6 Å². The monoisotopic (exact) mass is 269 g/mol. The molecule has 0 bridgehead atoms. The zero-order valence-electron chi connectivity index (χ0n) is 12.0. The third kappa shape index (κ3) is 6.34. The Balaban J connectivity index is 2.17. The smallest absolute Gasteiger partial charge is 0.191 e. The lowest BCUT2D eigenvalue weighted by atomic mass is 9.97. The second-order valence-electron chi connectivity index (χ2n) is 4.78. The third-order valence-corrected chi connectivity index (χ3v) is 4.28. The number of hydrogen-bond acceptors (Lipinski definition) is 2. The number of guanidine groups is 1. The number of nitrogens with one attached hydrogen (secondary N) is 2. The molecule has 1 aliphatic carbocycles. The fourth-order valence-electron chi connectivity index (χ4n) is 2.02. The van der Waals surface area contributed by atoms with Gasteiger partial charge in [-0.15, -0.1) is 0 Å². The topological polar surface area (TPSA) is 36.4 Å². The highest BCUT2D eigenvalue weighted by atomic mass is 32.2. The summed E-state index contributed by atoms with van der Waals surface area (Å²) < 4.78 is 0. The van der Waals surface area contributed by atoms with E-state index in [1.54, 1.807) is 5.57 Å².